The summed E-state index contributed by atoms with van der Waals surface area (Å²) in [4.78, 5) is 18.8. The highest BCUT2D eigenvalue weighted by Crippen LogP contribution is 2.21. The molecule has 0 aliphatic carbocycles. The van der Waals surface area contributed by atoms with E-state index in [0.717, 1.165) is 38.2 Å². The van der Waals surface area contributed by atoms with Gasteiger partial charge in [-0.15, -0.1) is 0 Å². The summed E-state index contributed by atoms with van der Waals surface area (Å²) in [7, 11) is 0. The van der Waals surface area contributed by atoms with E-state index >= 15 is 0 Å². The first kappa shape index (κ1) is 15.0. The number of pyridine rings is 1. The molecule has 4 heteroatoms. The number of hydrogen-bond acceptors (Lipinski definition) is 3. The second-order valence-electron chi connectivity index (χ2n) is 5.54. The van der Waals surface area contributed by atoms with Crippen LogP contribution in [0.3, 0.4) is 0 Å². The van der Waals surface area contributed by atoms with Gasteiger partial charge in [-0.2, -0.15) is 0 Å². The lowest BCUT2D eigenvalue weighted by Gasteiger charge is -2.38. The summed E-state index contributed by atoms with van der Waals surface area (Å²) in [5, 5.41) is 3.54. The minimum atomic E-state index is 0.0714. The Bertz CT molecular complexity index is 461. The summed E-state index contributed by atoms with van der Waals surface area (Å²) < 4.78 is 0. The molecule has 1 aliphatic heterocycles. The van der Waals surface area contributed by atoms with Gasteiger partial charge in [0.15, 0.2) is 0 Å². The maximum absolute atomic E-state index is 12.5. The number of likely N-dealkylation sites (tertiary alicyclic amines) is 1. The molecule has 1 N–H and O–H groups in total. The molecule has 4 nitrogen and oxygen atoms in total. The number of piperidine rings is 1. The number of amides is 1. The zero-order valence-electron chi connectivity index (χ0n) is 12.7. The molecule has 2 heterocycles. The first-order valence-electron chi connectivity index (χ1n) is 7.62. The van der Waals surface area contributed by atoms with Crippen molar-refractivity contribution in [3.63, 3.8) is 0 Å². The third-order valence-electron chi connectivity index (χ3n) is 4.12. The fraction of sp³-hybridized carbons (Fsp3) is 0.625. The van der Waals surface area contributed by atoms with E-state index in [9.17, 15) is 4.79 Å². The zero-order chi connectivity index (χ0) is 14.5. The third kappa shape index (κ3) is 3.37. The summed E-state index contributed by atoms with van der Waals surface area (Å²) in [6.45, 7) is 8.91. The van der Waals surface area contributed by atoms with Crippen molar-refractivity contribution in [3.8, 4) is 0 Å². The van der Waals surface area contributed by atoms with Crippen LogP contribution in [0.2, 0.25) is 0 Å². The van der Waals surface area contributed by atoms with Crippen LogP contribution in [0.15, 0.2) is 18.2 Å². The van der Waals surface area contributed by atoms with Crippen LogP contribution in [-0.2, 0) is 0 Å². The second-order valence-corrected chi connectivity index (χ2v) is 5.54. The van der Waals surface area contributed by atoms with Crippen molar-refractivity contribution in [1.82, 2.24) is 15.2 Å². The van der Waals surface area contributed by atoms with Gasteiger partial charge < -0.3 is 10.2 Å². The Hall–Kier alpha value is -1.42. The number of carbonyl (C=O) groups excluding carboxylic acids is 1. The van der Waals surface area contributed by atoms with Crippen molar-refractivity contribution in [2.45, 2.75) is 39.7 Å². The normalized spacial score (nSPS) is 22.9. The van der Waals surface area contributed by atoms with E-state index in [2.05, 4.69) is 24.1 Å². The molecule has 0 saturated carbocycles. The minimum Gasteiger partial charge on any atom is -0.337 e. The van der Waals surface area contributed by atoms with Gasteiger partial charge in [-0.25, -0.2) is 4.98 Å². The van der Waals surface area contributed by atoms with Gasteiger partial charge in [0, 0.05) is 24.8 Å². The van der Waals surface area contributed by atoms with Crippen LogP contribution in [0.25, 0.3) is 0 Å². The van der Waals surface area contributed by atoms with Crippen LogP contribution < -0.4 is 5.32 Å². The lowest BCUT2D eigenvalue weighted by molar-refractivity contribution is 0.0622. The maximum atomic E-state index is 12.5. The molecule has 1 aromatic rings. The average Bonchev–Trinajstić information content (AvgIpc) is 2.47. The van der Waals surface area contributed by atoms with Crippen LogP contribution >= 0.6 is 0 Å². The van der Waals surface area contributed by atoms with E-state index in [1.54, 1.807) is 0 Å². The molecule has 0 spiro atoms. The van der Waals surface area contributed by atoms with Gasteiger partial charge in [-0.1, -0.05) is 26.3 Å². The maximum Gasteiger partial charge on any atom is 0.272 e. The molecular formula is C16H25N3O. The minimum absolute atomic E-state index is 0.0714. The molecule has 1 aliphatic rings. The molecule has 2 atom stereocenters. The smallest absolute Gasteiger partial charge is 0.272 e. The van der Waals surface area contributed by atoms with Crippen LogP contribution in [0, 0.1) is 12.8 Å². The molecule has 1 aromatic heterocycles. The van der Waals surface area contributed by atoms with E-state index in [0.29, 0.717) is 17.7 Å². The second kappa shape index (κ2) is 6.84. The van der Waals surface area contributed by atoms with Gasteiger partial charge >= 0.3 is 0 Å². The van der Waals surface area contributed by atoms with Gasteiger partial charge in [0.2, 0.25) is 0 Å². The quantitative estimate of drug-likeness (QED) is 0.916. The molecule has 110 valence electrons. The molecule has 1 fully saturated rings. The first-order chi connectivity index (χ1) is 9.65. The first-order valence-corrected chi connectivity index (χ1v) is 7.62. The Labute approximate surface area is 121 Å². The molecule has 20 heavy (non-hydrogen) atoms. The highest BCUT2D eigenvalue weighted by molar-refractivity contribution is 5.92. The summed E-state index contributed by atoms with van der Waals surface area (Å²) in [6.07, 6.45) is 2.13. The Morgan fingerprint density at radius 1 is 1.45 bits per heavy atom. The Morgan fingerprint density at radius 3 is 2.90 bits per heavy atom. The Balaban J connectivity index is 2.05. The molecule has 2 unspecified atom stereocenters. The van der Waals surface area contributed by atoms with Crippen molar-refractivity contribution in [3.05, 3.63) is 29.6 Å². The average molecular weight is 275 g/mol. The van der Waals surface area contributed by atoms with Crippen molar-refractivity contribution >= 4 is 5.91 Å². The Morgan fingerprint density at radius 2 is 2.25 bits per heavy atom. The number of nitrogens with one attached hydrogen (secondary N) is 1. The van der Waals surface area contributed by atoms with Crippen LogP contribution in [0.5, 0.6) is 0 Å². The highest BCUT2D eigenvalue weighted by Gasteiger charge is 2.30. The number of hydrogen-bond donors (Lipinski definition) is 1. The van der Waals surface area contributed by atoms with Crippen LogP contribution in [0.4, 0.5) is 0 Å². The lowest BCUT2D eigenvalue weighted by atomic mass is 9.89. The zero-order valence-corrected chi connectivity index (χ0v) is 12.7. The summed E-state index contributed by atoms with van der Waals surface area (Å²) in [6, 6.07) is 6.17. The molecular weight excluding hydrogens is 250 g/mol. The van der Waals surface area contributed by atoms with Crippen molar-refractivity contribution in [1.29, 1.82) is 0 Å². The van der Waals surface area contributed by atoms with E-state index in [4.69, 9.17) is 0 Å². The van der Waals surface area contributed by atoms with Crippen molar-refractivity contribution < 1.29 is 4.79 Å². The fourth-order valence-corrected chi connectivity index (χ4v) is 2.99. The van der Waals surface area contributed by atoms with Gasteiger partial charge in [0.1, 0.15) is 5.69 Å². The molecule has 0 aromatic carbocycles. The standard InChI is InChI=1S/C16H25N3O/c1-4-13-11-19(10-9-14(13)17-5-2)16(20)15-8-6-7-12(3)18-15/h6-8,13-14,17H,4-5,9-11H2,1-3H3. The molecule has 0 bridgehead atoms. The van der Waals surface area contributed by atoms with E-state index < -0.39 is 0 Å². The molecule has 0 radical (unpaired) electrons. The number of rotatable bonds is 4. The predicted octanol–water partition coefficient (Wildman–Crippen LogP) is 2.24. The molecule has 1 amide bonds. The monoisotopic (exact) mass is 275 g/mol. The van der Waals surface area contributed by atoms with E-state index in [-0.39, 0.29) is 5.91 Å². The van der Waals surface area contributed by atoms with Crippen LogP contribution in [0.1, 0.15) is 42.9 Å². The molecule has 1 saturated heterocycles. The Kier molecular flexibility index (Phi) is 5.12. The number of aryl methyl sites for hydroxylation is 1. The predicted molar refractivity (Wildman–Crippen MR) is 80.7 cm³/mol. The highest BCUT2D eigenvalue weighted by atomic mass is 16.2. The SMILES string of the molecule is CCNC1CCN(C(=O)c2cccc(C)n2)CC1CC. The number of carbonyl (C=O) groups is 1. The fourth-order valence-electron chi connectivity index (χ4n) is 2.99. The van der Waals surface area contributed by atoms with Gasteiger partial charge in [0.05, 0.1) is 0 Å². The summed E-state index contributed by atoms with van der Waals surface area (Å²) in [5.41, 5.74) is 1.46. The number of aromatic nitrogens is 1. The summed E-state index contributed by atoms with van der Waals surface area (Å²) >= 11 is 0. The van der Waals surface area contributed by atoms with Gasteiger partial charge in [-0.3, -0.25) is 4.79 Å². The van der Waals surface area contributed by atoms with Crippen molar-refractivity contribution in [2.75, 3.05) is 19.6 Å². The topological polar surface area (TPSA) is 45.2 Å². The van der Waals surface area contributed by atoms with E-state index in [1.807, 2.05) is 30.0 Å². The van der Waals surface area contributed by atoms with Crippen LogP contribution in [-0.4, -0.2) is 41.5 Å². The van der Waals surface area contributed by atoms with E-state index in [1.165, 1.54) is 0 Å². The third-order valence-corrected chi connectivity index (χ3v) is 4.12. The van der Waals surface area contributed by atoms with Gasteiger partial charge in [-0.05, 0) is 37.9 Å². The largest absolute Gasteiger partial charge is 0.337 e. The summed E-state index contributed by atoms with van der Waals surface area (Å²) in [5.74, 6) is 0.611. The molecule has 2 rings (SSSR count). The number of nitrogens with zero attached hydrogens (tertiary/aromatic N) is 2. The van der Waals surface area contributed by atoms with Crippen molar-refractivity contribution in [2.24, 2.45) is 5.92 Å². The van der Waals surface area contributed by atoms with Gasteiger partial charge in [0.25, 0.3) is 5.91 Å². The lowest BCUT2D eigenvalue weighted by Crippen LogP contribution is -2.51.